The van der Waals surface area contributed by atoms with Crippen molar-refractivity contribution in [1.82, 2.24) is 24.8 Å². The summed E-state index contributed by atoms with van der Waals surface area (Å²) >= 11 is 0. The lowest BCUT2D eigenvalue weighted by Crippen LogP contribution is -2.50. The van der Waals surface area contributed by atoms with E-state index in [1.807, 2.05) is 60.4 Å². The van der Waals surface area contributed by atoms with Crippen molar-refractivity contribution in [2.75, 3.05) is 38.0 Å². The Balaban J connectivity index is 0.968. The van der Waals surface area contributed by atoms with E-state index in [9.17, 15) is 14.4 Å². The molecule has 2 N–H and O–H groups in total. The number of aryl methyl sites for hydroxylation is 1. The minimum Gasteiger partial charge on any atom is -0.367 e. The molecule has 0 spiro atoms. The molecule has 1 aliphatic heterocycles. The van der Waals surface area contributed by atoms with E-state index in [4.69, 9.17) is 0 Å². The smallest absolute Gasteiger partial charge is 0.253 e. The number of hydrogen-bond donors (Lipinski definition) is 2. The molecule has 246 valence electrons. The zero-order valence-electron chi connectivity index (χ0n) is 28.0. The van der Waals surface area contributed by atoms with E-state index >= 15 is 0 Å². The van der Waals surface area contributed by atoms with Gasteiger partial charge in [0.2, 0.25) is 0 Å². The summed E-state index contributed by atoms with van der Waals surface area (Å²) in [6.45, 7) is 11.6. The zero-order valence-corrected chi connectivity index (χ0v) is 28.0. The molecule has 0 unspecified atom stereocenters. The predicted octanol–water partition coefficient (Wildman–Crippen LogP) is 6.18. The molecule has 6 rings (SSSR count). The molecule has 0 radical (unpaired) electrons. The molecule has 2 fully saturated rings. The van der Waals surface area contributed by atoms with Gasteiger partial charge in [0.25, 0.3) is 5.91 Å². The molecule has 47 heavy (non-hydrogen) atoms. The van der Waals surface area contributed by atoms with Crippen molar-refractivity contribution in [2.24, 2.45) is 5.92 Å². The summed E-state index contributed by atoms with van der Waals surface area (Å²) in [5.41, 5.74) is 4.80. The number of benzene rings is 2. The van der Waals surface area contributed by atoms with Crippen molar-refractivity contribution >= 4 is 34.3 Å². The number of carbonyl (C=O) groups is 3. The quantitative estimate of drug-likeness (QED) is 0.212. The van der Waals surface area contributed by atoms with Crippen LogP contribution in [0.2, 0.25) is 0 Å². The summed E-state index contributed by atoms with van der Waals surface area (Å²) < 4.78 is 0. The number of fused-ring (bicyclic) bond motifs is 1. The van der Waals surface area contributed by atoms with Crippen molar-refractivity contribution in [3.05, 3.63) is 88.9 Å². The first-order valence-corrected chi connectivity index (χ1v) is 16.9. The molecule has 1 aliphatic carbocycles. The minimum atomic E-state index is -0.0478. The average Bonchev–Trinajstić information content (AvgIpc) is 3.51. The van der Waals surface area contributed by atoms with Crippen LogP contribution in [-0.2, 0) is 10.2 Å². The van der Waals surface area contributed by atoms with E-state index in [2.05, 4.69) is 45.9 Å². The van der Waals surface area contributed by atoms with Crippen LogP contribution in [0.15, 0.2) is 61.1 Å². The molecule has 2 aromatic carbocycles. The Morgan fingerprint density at radius 2 is 1.60 bits per heavy atom. The number of aromatic amines is 1. The highest BCUT2D eigenvalue weighted by Crippen LogP contribution is 2.32. The van der Waals surface area contributed by atoms with Crippen LogP contribution >= 0.6 is 0 Å². The molecule has 3 heterocycles. The Kier molecular flexibility index (Phi) is 9.55. The number of nitrogens with one attached hydrogen (secondary N) is 2. The highest BCUT2D eigenvalue weighted by molar-refractivity contribution is 6.18. The summed E-state index contributed by atoms with van der Waals surface area (Å²) in [5, 5.41) is 4.32. The van der Waals surface area contributed by atoms with Crippen LogP contribution in [0.3, 0.4) is 0 Å². The van der Waals surface area contributed by atoms with Crippen LogP contribution in [0.5, 0.6) is 0 Å². The maximum absolute atomic E-state index is 13.5. The average molecular weight is 635 g/mol. The first-order valence-electron chi connectivity index (χ1n) is 16.9. The standard InChI is InChI=1S/C38H46N6O3/c1-25-7-5-6-8-31(25)34(46)32-22-39-35-33(32)36(41-24-40-35)42-29-15-9-26(10-16-29)21-30(45)23-43-17-19-44(20-18-43)37(47)27-11-13-28(14-12-27)38(2,3)4/h5-8,11-14,22,24,26,29H,9-10,15-21,23H2,1-4H3,(H2,39,40,41,42). The van der Waals surface area contributed by atoms with Crippen LogP contribution in [0.25, 0.3) is 11.0 Å². The SMILES string of the molecule is Cc1ccccc1C(=O)c1c[nH]c2ncnc(NC3CCC(CC(=O)CN4CCN(C(=O)c5ccc(C(C)(C)C)cc5)CC4)CC3)c12. The van der Waals surface area contributed by atoms with E-state index < -0.39 is 0 Å². The molecular formula is C38H46N6O3. The van der Waals surface area contributed by atoms with Gasteiger partial charge in [-0.15, -0.1) is 0 Å². The summed E-state index contributed by atoms with van der Waals surface area (Å²) in [4.78, 5) is 55.7. The van der Waals surface area contributed by atoms with Crippen LogP contribution in [0.4, 0.5) is 5.82 Å². The van der Waals surface area contributed by atoms with E-state index in [0.717, 1.165) is 55.3 Å². The van der Waals surface area contributed by atoms with Gasteiger partial charge in [-0.25, -0.2) is 9.97 Å². The molecule has 1 saturated heterocycles. The second-order valence-corrected chi connectivity index (χ2v) is 14.3. The summed E-state index contributed by atoms with van der Waals surface area (Å²) in [7, 11) is 0. The molecule has 2 aromatic heterocycles. The molecule has 9 heteroatoms. The first-order chi connectivity index (χ1) is 22.6. The van der Waals surface area contributed by atoms with Gasteiger partial charge in [0.05, 0.1) is 17.5 Å². The number of hydrogen-bond acceptors (Lipinski definition) is 7. The van der Waals surface area contributed by atoms with Gasteiger partial charge < -0.3 is 15.2 Å². The van der Waals surface area contributed by atoms with Crippen molar-refractivity contribution in [1.29, 1.82) is 0 Å². The first kappa shape index (κ1) is 32.6. The summed E-state index contributed by atoms with van der Waals surface area (Å²) in [6, 6.07) is 15.8. The van der Waals surface area contributed by atoms with Crippen LogP contribution in [0.1, 0.15) is 90.3 Å². The number of Topliss-reactive ketones (excluding diaryl/α,β-unsaturated/α-hetero) is 1. The van der Waals surface area contributed by atoms with Crippen molar-refractivity contribution in [2.45, 2.75) is 71.3 Å². The topological polar surface area (TPSA) is 111 Å². The third-order valence-electron chi connectivity index (χ3n) is 9.87. The normalized spacial score (nSPS) is 19.1. The molecule has 0 bridgehead atoms. The number of anilines is 1. The fourth-order valence-corrected chi connectivity index (χ4v) is 6.97. The van der Waals surface area contributed by atoms with Gasteiger partial charge in [0, 0.05) is 56.0 Å². The second-order valence-electron chi connectivity index (χ2n) is 14.3. The second kappa shape index (κ2) is 13.8. The molecule has 4 aromatic rings. The van der Waals surface area contributed by atoms with Crippen molar-refractivity contribution < 1.29 is 14.4 Å². The minimum absolute atomic E-state index is 0.0478. The lowest BCUT2D eigenvalue weighted by Gasteiger charge is -2.35. The maximum atomic E-state index is 13.5. The van der Waals surface area contributed by atoms with Gasteiger partial charge in [-0.1, -0.05) is 57.2 Å². The monoisotopic (exact) mass is 634 g/mol. The van der Waals surface area contributed by atoms with Gasteiger partial charge in [-0.2, -0.15) is 0 Å². The van der Waals surface area contributed by atoms with Gasteiger partial charge in [-0.3, -0.25) is 19.3 Å². The molecule has 9 nitrogen and oxygen atoms in total. The molecule has 2 aliphatic rings. The number of rotatable bonds is 9. The largest absolute Gasteiger partial charge is 0.367 e. The number of carbonyl (C=O) groups excluding carboxylic acids is 3. The van der Waals surface area contributed by atoms with E-state index in [1.54, 1.807) is 6.20 Å². The highest BCUT2D eigenvalue weighted by Gasteiger charge is 2.28. The number of H-pyrrole nitrogens is 1. The number of piperazine rings is 1. The van der Waals surface area contributed by atoms with Crippen molar-refractivity contribution in [3.8, 4) is 0 Å². The number of nitrogens with zero attached hydrogens (tertiary/aromatic N) is 4. The molecular weight excluding hydrogens is 588 g/mol. The van der Waals surface area contributed by atoms with Gasteiger partial charge in [-0.05, 0) is 67.2 Å². The third-order valence-corrected chi connectivity index (χ3v) is 9.87. The number of aromatic nitrogens is 3. The van der Waals surface area contributed by atoms with Crippen LogP contribution in [0, 0.1) is 12.8 Å². The molecule has 1 saturated carbocycles. The van der Waals surface area contributed by atoms with E-state index in [1.165, 1.54) is 11.9 Å². The number of ketones is 2. The Hall–Kier alpha value is -4.37. The summed E-state index contributed by atoms with van der Waals surface area (Å²) in [5.74, 6) is 1.34. The molecule has 0 atom stereocenters. The zero-order chi connectivity index (χ0) is 33.1. The number of amides is 1. The lowest BCUT2D eigenvalue weighted by atomic mass is 9.83. The molecule has 1 amide bonds. The lowest BCUT2D eigenvalue weighted by molar-refractivity contribution is -0.121. The van der Waals surface area contributed by atoms with Gasteiger partial charge >= 0.3 is 0 Å². The van der Waals surface area contributed by atoms with Crippen molar-refractivity contribution in [3.63, 3.8) is 0 Å². The Bertz CT molecular complexity index is 1740. The highest BCUT2D eigenvalue weighted by atomic mass is 16.2. The summed E-state index contributed by atoms with van der Waals surface area (Å²) in [6.07, 6.45) is 7.65. The maximum Gasteiger partial charge on any atom is 0.253 e. The van der Waals surface area contributed by atoms with Crippen LogP contribution in [-0.4, -0.2) is 81.0 Å². The van der Waals surface area contributed by atoms with E-state index in [0.29, 0.717) is 54.6 Å². The Labute approximate surface area is 277 Å². The Morgan fingerprint density at radius 1 is 0.894 bits per heavy atom. The van der Waals surface area contributed by atoms with Gasteiger partial charge in [0.1, 0.15) is 23.6 Å². The third kappa shape index (κ3) is 7.46. The van der Waals surface area contributed by atoms with E-state index in [-0.39, 0.29) is 28.9 Å². The fraction of sp³-hybridized carbons (Fsp3) is 0.447. The van der Waals surface area contributed by atoms with Gasteiger partial charge in [0.15, 0.2) is 5.78 Å². The van der Waals surface area contributed by atoms with Crippen LogP contribution < -0.4 is 5.32 Å². The fourth-order valence-electron chi connectivity index (χ4n) is 6.97. The Morgan fingerprint density at radius 3 is 2.28 bits per heavy atom. The predicted molar refractivity (Wildman–Crippen MR) is 185 cm³/mol.